The Kier molecular flexibility index (Phi) is 5.20. The van der Waals surface area contributed by atoms with E-state index >= 15 is 0 Å². The molecule has 2 aliphatic rings. The number of hydrazone groups is 1. The minimum absolute atomic E-state index is 0.0916. The van der Waals surface area contributed by atoms with Crippen LogP contribution in [0.25, 0.3) is 11.1 Å². The summed E-state index contributed by atoms with van der Waals surface area (Å²) in [5.41, 5.74) is 20.8. The van der Waals surface area contributed by atoms with Crippen LogP contribution in [0.1, 0.15) is 22.9 Å². The molecule has 8 nitrogen and oxygen atoms in total. The van der Waals surface area contributed by atoms with Crippen molar-refractivity contribution in [2.75, 3.05) is 11.4 Å². The number of benzene rings is 2. The van der Waals surface area contributed by atoms with Crippen LogP contribution in [0, 0.1) is 0 Å². The van der Waals surface area contributed by atoms with Crippen LogP contribution in [-0.4, -0.2) is 29.5 Å². The lowest BCUT2D eigenvalue weighted by atomic mass is 9.96. The molecule has 8 heteroatoms. The molecule has 162 valence electrons. The van der Waals surface area contributed by atoms with Gasteiger partial charge in [0.15, 0.2) is 0 Å². The molecule has 3 heterocycles. The highest BCUT2D eigenvalue weighted by molar-refractivity contribution is 6.00. The normalized spacial score (nSPS) is 17.8. The van der Waals surface area contributed by atoms with Crippen molar-refractivity contribution in [2.45, 2.75) is 25.1 Å². The topological polar surface area (TPSA) is 119 Å². The van der Waals surface area contributed by atoms with Crippen molar-refractivity contribution in [3.8, 4) is 11.1 Å². The molecule has 5 N–H and O–H groups in total. The van der Waals surface area contributed by atoms with E-state index in [1.165, 1.54) is 0 Å². The summed E-state index contributed by atoms with van der Waals surface area (Å²) in [6.07, 6.45) is 4.17. The Morgan fingerprint density at radius 2 is 1.94 bits per heavy atom. The van der Waals surface area contributed by atoms with Crippen LogP contribution in [0.5, 0.6) is 0 Å². The highest BCUT2D eigenvalue weighted by atomic mass is 16.5. The van der Waals surface area contributed by atoms with Gasteiger partial charge in [0.1, 0.15) is 0 Å². The van der Waals surface area contributed by atoms with Gasteiger partial charge < -0.3 is 21.1 Å². The molecular formula is C24H24N6O2. The number of anilines is 1. The number of ether oxygens (including phenoxy) is 1. The lowest BCUT2D eigenvalue weighted by Gasteiger charge is -2.23. The van der Waals surface area contributed by atoms with Gasteiger partial charge in [-0.3, -0.25) is 15.2 Å². The second-order valence-corrected chi connectivity index (χ2v) is 7.91. The fraction of sp³-hybridized carbons (Fsp3) is 0.208. The molecule has 2 aliphatic heterocycles. The largest absolute Gasteiger partial charge is 0.434 e. The maximum atomic E-state index is 13.3. The standard InChI is InChI=1S/C24H24N6O2/c25-20(12-15-4-2-1-3-5-15)23(31)30-11-8-18-19(22-28-29-24(26)32-22)13-17(14-21(18)30)16-6-9-27-10-7-16/h1-7,9-10,13-14,20,22,28H,8,11-12,25H2,(H2,26,29)/t20-,22?/m0/s1. The lowest BCUT2D eigenvalue weighted by Crippen LogP contribution is -2.44. The molecule has 0 bridgehead atoms. The summed E-state index contributed by atoms with van der Waals surface area (Å²) >= 11 is 0. The number of pyridine rings is 1. The number of fused-ring (bicyclic) bond motifs is 1. The van der Waals surface area contributed by atoms with E-state index in [-0.39, 0.29) is 11.9 Å². The highest BCUT2D eigenvalue weighted by Crippen LogP contribution is 2.39. The van der Waals surface area contributed by atoms with E-state index < -0.39 is 12.3 Å². The number of rotatable bonds is 5. The highest BCUT2D eigenvalue weighted by Gasteiger charge is 2.33. The Bertz CT molecular complexity index is 1170. The maximum absolute atomic E-state index is 13.3. The molecule has 5 rings (SSSR count). The molecule has 1 unspecified atom stereocenters. The fourth-order valence-electron chi connectivity index (χ4n) is 4.29. The molecule has 2 atom stereocenters. The molecule has 0 saturated carbocycles. The number of nitrogens with two attached hydrogens (primary N) is 2. The van der Waals surface area contributed by atoms with Crippen molar-refractivity contribution < 1.29 is 9.53 Å². The number of carbonyl (C=O) groups is 1. The van der Waals surface area contributed by atoms with Crippen LogP contribution in [-0.2, 0) is 22.4 Å². The summed E-state index contributed by atoms with van der Waals surface area (Å²) in [5.74, 6) is -0.0958. The van der Waals surface area contributed by atoms with Gasteiger partial charge in [-0.1, -0.05) is 30.3 Å². The average Bonchev–Trinajstić information content (AvgIpc) is 3.45. The third-order valence-electron chi connectivity index (χ3n) is 5.85. The van der Waals surface area contributed by atoms with Crippen LogP contribution in [0.4, 0.5) is 5.69 Å². The van der Waals surface area contributed by atoms with Crippen molar-refractivity contribution in [3.63, 3.8) is 0 Å². The Labute approximate surface area is 185 Å². The third-order valence-corrected chi connectivity index (χ3v) is 5.85. The van der Waals surface area contributed by atoms with Gasteiger partial charge >= 0.3 is 6.02 Å². The Hall–Kier alpha value is -3.91. The van der Waals surface area contributed by atoms with Crippen molar-refractivity contribution >= 4 is 17.6 Å². The zero-order chi connectivity index (χ0) is 22.1. The van der Waals surface area contributed by atoms with E-state index in [1.807, 2.05) is 48.5 Å². The summed E-state index contributed by atoms with van der Waals surface area (Å²) in [6.45, 7) is 0.562. The van der Waals surface area contributed by atoms with Gasteiger partial charge in [-0.15, -0.1) is 5.10 Å². The number of hydrogen-bond acceptors (Lipinski definition) is 7. The number of carbonyl (C=O) groups excluding carboxylic acids is 1. The Morgan fingerprint density at radius 1 is 1.16 bits per heavy atom. The summed E-state index contributed by atoms with van der Waals surface area (Å²) in [6, 6.07) is 17.2. The first-order valence-corrected chi connectivity index (χ1v) is 10.5. The van der Waals surface area contributed by atoms with E-state index in [2.05, 4.69) is 21.6 Å². The SMILES string of the molecule is NC1=NNC(c2cc(-c3ccncc3)cc3c2CCN3C(=O)[C@@H](N)Cc2ccccc2)O1. The minimum Gasteiger partial charge on any atom is -0.434 e. The number of nitrogens with zero attached hydrogens (tertiary/aromatic N) is 3. The van der Waals surface area contributed by atoms with Crippen molar-refractivity contribution in [2.24, 2.45) is 16.6 Å². The fourth-order valence-corrected chi connectivity index (χ4v) is 4.29. The van der Waals surface area contributed by atoms with Gasteiger partial charge in [-0.2, -0.15) is 0 Å². The van der Waals surface area contributed by atoms with Crippen molar-refractivity contribution in [1.29, 1.82) is 0 Å². The Morgan fingerprint density at radius 3 is 2.66 bits per heavy atom. The van der Waals surface area contributed by atoms with Gasteiger partial charge in [-0.25, -0.2) is 0 Å². The predicted octanol–water partition coefficient (Wildman–Crippen LogP) is 2.06. The van der Waals surface area contributed by atoms with E-state index in [0.29, 0.717) is 19.4 Å². The number of amides is 1. The summed E-state index contributed by atoms with van der Waals surface area (Å²) in [7, 11) is 0. The number of aromatic nitrogens is 1. The first-order chi connectivity index (χ1) is 15.6. The molecule has 1 amide bonds. The molecular weight excluding hydrogens is 404 g/mol. The zero-order valence-electron chi connectivity index (χ0n) is 17.4. The first kappa shape index (κ1) is 20.0. The minimum atomic E-state index is -0.629. The molecule has 0 aliphatic carbocycles. The van der Waals surface area contributed by atoms with Crippen LogP contribution in [0.15, 0.2) is 72.1 Å². The monoisotopic (exact) mass is 428 g/mol. The molecule has 3 aromatic rings. The van der Waals surface area contributed by atoms with Crippen molar-refractivity contribution in [1.82, 2.24) is 10.4 Å². The quantitative estimate of drug-likeness (QED) is 0.572. The summed E-state index contributed by atoms with van der Waals surface area (Å²) < 4.78 is 5.66. The van der Waals surface area contributed by atoms with E-state index in [0.717, 1.165) is 33.5 Å². The van der Waals surface area contributed by atoms with E-state index in [1.54, 1.807) is 17.3 Å². The first-order valence-electron chi connectivity index (χ1n) is 10.5. The van der Waals surface area contributed by atoms with Gasteiger partial charge in [0, 0.05) is 30.2 Å². The third kappa shape index (κ3) is 3.76. The van der Waals surface area contributed by atoms with Crippen LogP contribution >= 0.6 is 0 Å². The molecule has 0 radical (unpaired) electrons. The van der Waals surface area contributed by atoms with Gasteiger partial charge in [0.05, 0.1) is 6.04 Å². The maximum Gasteiger partial charge on any atom is 0.306 e. The predicted molar refractivity (Wildman–Crippen MR) is 122 cm³/mol. The van der Waals surface area contributed by atoms with Crippen molar-refractivity contribution in [3.05, 3.63) is 83.7 Å². The number of hydrogen-bond donors (Lipinski definition) is 3. The van der Waals surface area contributed by atoms with Gasteiger partial charge in [0.2, 0.25) is 12.1 Å². The average molecular weight is 428 g/mol. The van der Waals surface area contributed by atoms with Crippen LogP contribution in [0.3, 0.4) is 0 Å². The van der Waals surface area contributed by atoms with E-state index in [9.17, 15) is 4.79 Å². The summed E-state index contributed by atoms with van der Waals surface area (Å²) in [5, 5.41) is 3.96. The van der Waals surface area contributed by atoms with E-state index in [4.69, 9.17) is 16.2 Å². The lowest BCUT2D eigenvalue weighted by molar-refractivity contribution is -0.119. The zero-order valence-corrected chi connectivity index (χ0v) is 17.4. The molecule has 2 aromatic carbocycles. The number of nitrogens with one attached hydrogen (secondary N) is 1. The second kappa shape index (κ2) is 8.32. The molecule has 32 heavy (non-hydrogen) atoms. The van der Waals surface area contributed by atoms with Gasteiger partial charge in [0.25, 0.3) is 0 Å². The Balaban J connectivity index is 1.50. The molecule has 0 fully saturated rings. The molecule has 1 aromatic heterocycles. The smallest absolute Gasteiger partial charge is 0.306 e. The van der Waals surface area contributed by atoms with Crippen LogP contribution < -0.4 is 21.8 Å². The molecule has 0 saturated heterocycles. The second-order valence-electron chi connectivity index (χ2n) is 7.91. The number of amidine groups is 1. The van der Waals surface area contributed by atoms with Crippen LogP contribution in [0.2, 0.25) is 0 Å². The summed E-state index contributed by atoms with van der Waals surface area (Å²) in [4.78, 5) is 19.2. The van der Waals surface area contributed by atoms with Gasteiger partial charge in [-0.05, 0) is 59.4 Å². The molecule has 0 spiro atoms.